The lowest BCUT2D eigenvalue weighted by molar-refractivity contribution is -0.143. The van der Waals surface area contributed by atoms with Gasteiger partial charge in [-0.15, -0.1) is 0 Å². The van der Waals surface area contributed by atoms with E-state index in [4.69, 9.17) is 4.74 Å². The van der Waals surface area contributed by atoms with Crippen LogP contribution in [0.4, 0.5) is 0 Å². The first-order chi connectivity index (χ1) is 31.0. The second-order valence-corrected chi connectivity index (χ2v) is 19.3. The van der Waals surface area contributed by atoms with Crippen LogP contribution in [-0.4, -0.2) is 47.4 Å². The average Bonchev–Trinajstić information content (AvgIpc) is 3.28. The van der Waals surface area contributed by atoms with Gasteiger partial charge < -0.3 is 20.3 Å². The number of aliphatic hydroxyl groups excluding tert-OH is 2. The van der Waals surface area contributed by atoms with Gasteiger partial charge in [0.1, 0.15) is 0 Å². The summed E-state index contributed by atoms with van der Waals surface area (Å²) in [5.74, 6) is -0.0638. The number of allylic oxidation sites excluding steroid dienone is 3. The molecule has 0 fully saturated rings. The number of hydrogen-bond donors (Lipinski definition) is 3. The first-order valence-corrected chi connectivity index (χ1v) is 28.1. The van der Waals surface area contributed by atoms with Crippen molar-refractivity contribution in [1.29, 1.82) is 0 Å². The van der Waals surface area contributed by atoms with Gasteiger partial charge in [0.25, 0.3) is 0 Å². The summed E-state index contributed by atoms with van der Waals surface area (Å²) in [6.07, 6.45) is 63.5. The summed E-state index contributed by atoms with van der Waals surface area (Å²) in [5.41, 5.74) is 0. The number of amides is 1. The van der Waals surface area contributed by atoms with E-state index in [1.165, 1.54) is 231 Å². The fourth-order valence-corrected chi connectivity index (χ4v) is 8.63. The van der Waals surface area contributed by atoms with Crippen molar-refractivity contribution in [1.82, 2.24) is 5.32 Å². The largest absolute Gasteiger partial charge is 0.466 e. The molecule has 0 radical (unpaired) electrons. The molecule has 1 amide bonds. The Balaban J connectivity index is 3.39. The number of aliphatic hydroxyl groups is 2. The van der Waals surface area contributed by atoms with Gasteiger partial charge in [-0.2, -0.15) is 0 Å². The van der Waals surface area contributed by atoms with Gasteiger partial charge in [0.2, 0.25) is 5.91 Å². The SMILES string of the molecule is CCCCCCCCC/C=C/C(O)C(CO)NC(=O)CCCCCCCCC/C=C\CCCCCCCCCCCCCCOC(=O)CCCCCCCCCCCCCCCC. The number of ether oxygens (including phenoxy) is 1. The normalized spacial score (nSPS) is 12.8. The number of rotatable bonds is 52. The summed E-state index contributed by atoms with van der Waals surface area (Å²) in [7, 11) is 0. The molecule has 0 aliphatic heterocycles. The Morgan fingerprint density at radius 3 is 1.13 bits per heavy atom. The predicted octanol–water partition coefficient (Wildman–Crippen LogP) is 17.1. The van der Waals surface area contributed by atoms with E-state index in [-0.39, 0.29) is 18.5 Å². The van der Waals surface area contributed by atoms with E-state index in [9.17, 15) is 19.8 Å². The molecule has 0 rings (SSSR count). The Kier molecular flexibility index (Phi) is 51.6. The summed E-state index contributed by atoms with van der Waals surface area (Å²) >= 11 is 0. The van der Waals surface area contributed by atoms with Crippen LogP contribution in [0.25, 0.3) is 0 Å². The van der Waals surface area contributed by atoms with E-state index < -0.39 is 12.1 Å². The molecule has 63 heavy (non-hydrogen) atoms. The molecule has 0 aromatic rings. The molecule has 0 aromatic carbocycles. The molecule has 0 bridgehead atoms. The maximum absolute atomic E-state index is 12.4. The van der Waals surface area contributed by atoms with Crippen LogP contribution in [-0.2, 0) is 14.3 Å². The van der Waals surface area contributed by atoms with Gasteiger partial charge in [0.05, 0.1) is 25.4 Å². The molecule has 0 aliphatic carbocycles. The molecule has 2 atom stereocenters. The first kappa shape index (κ1) is 61.3. The summed E-state index contributed by atoms with van der Waals surface area (Å²) < 4.78 is 5.48. The van der Waals surface area contributed by atoms with E-state index in [1.807, 2.05) is 6.08 Å². The highest BCUT2D eigenvalue weighted by atomic mass is 16.5. The van der Waals surface area contributed by atoms with Crippen molar-refractivity contribution in [3.63, 3.8) is 0 Å². The van der Waals surface area contributed by atoms with E-state index in [0.29, 0.717) is 19.4 Å². The lowest BCUT2D eigenvalue weighted by Crippen LogP contribution is -2.45. The van der Waals surface area contributed by atoms with Crippen molar-refractivity contribution in [3.8, 4) is 0 Å². The number of hydrogen-bond acceptors (Lipinski definition) is 5. The number of unbranched alkanes of at least 4 members (excludes halogenated alkanes) is 39. The van der Waals surface area contributed by atoms with E-state index in [0.717, 1.165) is 44.9 Å². The van der Waals surface area contributed by atoms with Crippen molar-refractivity contribution in [2.24, 2.45) is 0 Å². The third-order valence-corrected chi connectivity index (χ3v) is 13.0. The molecule has 0 saturated carbocycles. The standard InChI is InChI=1S/C57H109NO5/c1-3-5-7-9-11-13-14-15-28-31-35-39-43-47-51-57(62)63-52-48-44-40-36-32-29-26-24-22-20-18-16-17-19-21-23-25-27-30-34-38-42-46-50-56(61)58-54(53-59)55(60)49-45-41-37-33-12-10-8-6-4-2/h19,21,45,49,54-55,59-60H,3-18,20,22-44,46-48,50-53H2,1-2H3,(H,58,61)/b21-19-,49-45+. The van der Waals surface area contributed by atoms with Crippen LogP contribution < -0.4 is 5.32 Å². The minimum Gasteiger partial charge on any atom is -0.466 e. The van der Waals surface area contributed by atoms with Gasteiger partial charge in [-0.05, 0) is 57.8 Å². The molecule has 0 aromatic heterocycles. The Bertz CT molecular complexity index is 982. The van der Waals surface area contributed by atoms with Gasteiger partial charge in [0, 0.05) is 12.8 Å². The van der Waals surface area contributed by atoms with Gasteiger partial charge >= 0.3 is 5.97 Å². The van der Waals surface area contributed by atoms with E-state index in [1.54, 1.807) is 6.08 Å². The zero-order valence-electron chi connectivity index (χ0n) is 42.3. The summed E-state index contributed by atoms with van der Waals surface area (Å²) in [5, 5.41) is 22.9. The van der Waals surface area contributed by atoms with Crippen LogP contribution in [0, 0.1) is 0 Å². The molecule has 2 unspecified atom stereocenters. The minimum atomic E-state index is -0.845. The van der Waals surface area contributed by atoms with Crippen molar-refractivity contribution in [3.05, 3.63) is 24.3 Å². The van der Waals surface area contributed by atoms with Gasteiger partial charge in [-0.3, -0.25) is 9.59 Å². The summed E-state index contributed by atoms with van der Waals surface area (Å²) in [4.78, 5) is 24.4. The molecular formula is C57H109NO5. The average molecular weight is 889 g/mol. The highest BCUT2D eigenvalue weighted by Crippen LogP contribution is 2.16. The Morgan fingerprint density at radius 1 is 0.429 bits per heavy atom. The van der Waals surface area contributed by atoms with Gasteiger partial charge in [-0.25, -0.2) is 0 Å². The van der Waals surface area contributed by atoms with Crippen LogP contribution in [0.1, 0.15) is 303 Å². The third kappa shape index (κ3) is 49.6. The minimum absolute atomic E-state index is 0.0130. The number of carbonyl (C=O) groups excluding carboxylic acids is 2. The monoisotopic (exact) mass is 888 g/mol. The lowest BCUT2D eigenvalue weighted by atomic mass is 10.0. The zero-order valence-corrected chi connectivity index (χ0v) is 42.3. The van der Waals surface area contributed by atoms with Crippen LogP contribution in [0.15, 0.2) is 24.3 Å². The second-order valence-electron chi connectivity index (χ2n) is 19.3. The van der Waals surface area contributed by atoms with Crippen LogP contribution in [0.2, 0.25) is 0 Å². The van der Waals surface area contributed by atoms with Gasteiger partial charge in [0.15, 0.2) is 0 Å². The highest BCUT2D eigenvalue weighted by Gasteiger charge is 2.18. The lowest BCUT2D eigenvalue weighted by Gasteiger charge is -2.20. The second kappa shape index (κ2) is 53.0. The highest BCUT2D eigenvalue weighted by molar-refractivity contribution is 5.76. The Morgan fingerprint density at radius 2 is 0.746 bits per heavy atom. The van der Waals surface area contributed by atoms with Crippen molar-refractivity contribution >= 4 is 11.9 Å². The predicted molar refractivity (Wildman–Crippen MR) is 273 cm³/mol. The maximum Gasteiger partial charge on any atom is 0.305 e. The molecule has 0 saturated heterocycles. The number of nitrogens with one attached hydrogen (secondary N) is 1. The molecule has 0 spiro atoms. The topological polar surface area (TPSA) is 95.9 Å². The van der Waals surface area contributed by atoms with E-state index >= 15 is 0 Å². The molecule has 0 aliphatic rings. The third-order valence-electron chi connectivity index (χ3n) is 13.0. The van der Waals surface area contributed by atoms with Crippen LogP contribution in [0.5, 0.6) is 0 Å². The summed E-state index contributed by atoms with van der Waals surface area (Å²) in [6.45, 7) is 4.88. The van der Waals surface area contributed by atoms with Crippen molar-refractivity contribution < 1.29 is 24.5 Å². The fraction of sp³-hybridized carbons (Fsp3) is 0.895. The van der Waals surface area contributed by atoms with E-state index in [2.05, 4.69) is 31.3 Å². The molecule has 372 valence electrons. The Hall–Kier alpha value is -1.66. The maximum atomic E-state index is 12.4. The molecule has 6 nitrogen and oxygen atoms in total. The molecule has 3 N–H and O–H groups in total. The van der Waals surface area contributed by atoms with Crippen molar-refractivity contribution in [2.45, 2.75) is 315 Å². The number of esters is 1. The molecule has 6 heteroatoms. The number of carbonyl (C=O) groups is 2. The van der Waals surface area contributed by atoms with Crippen LogP contribution >= 0.6 is 0 Å². The van der Waals surface area contributed by atoms with Crippen molar-refractivity contribution in [2.75, 3.05) is 13.2 Å². The van der Waals surface area contributed by atoms with Crippen LogP contribution in [0.3, 0.4) is 0 Å². The Labute approximate surface area is 392 Å². The quantitative estimate of drug-likeness (QED) is 0.0321. The summed E-state index contributed by atoms with van der Waals surface area (Å²) in [6, 6.07) is -0.629. The molecule has 0 heterocycles. The molecular weight excluding hydrogens is 779 g/mol. The zero-order chi connectivity index (χ0) is 45.8. The fourth-order valence-electron chi connectivity index (χ4n) is 8.63. The smallest absolute Gasteiger partial charge is 0.305 e. The van der Waals surface area contributed by atoms with Gasteiger partial charge in [-0.1, -0.05) is 256 Å². The first-order valence-electron chi connectivity index (χ1n) is 28.1.